The molecular weight excluding hydrogens is 427 g/mol. The van der Waals surface area contributed by atoms with Crippen LogP contribution in [0.25, 0.3) is 10.9 Å². The summed E-state index contributed by atoms with van der Waals surface area (Å²) in [7, 11) is 1.79. The van der Waals surface area contributed by atoms with E-state index in [1.54, 1.807) is 7.05 Å². The van der Waals surface area contributed by atoms with Gasteiger partial charge in [-0.25, -0.2) is 0 Å². The number of hydrogen-bond donors (Lipinski definition) is 3. The number of fused-ring (bicyclic) bond motifs is 1. The van der Waals surface area contributed by atoms with E-state index < -0.39 is 0 Å². The zero-order valence-electron chi connectivity index (χ0n) is 15.5. The van der Waals surface area contributed by atoms with Crippen molar-refractivity contribution in [3.63, 3.8) is 0 Å². The van der Waals surface area contributed by atoms with Crippen molar-refractivity contribution in [2.75, 3.05) is 33.4 Å². The molecule has 0 amide bonds. The third kappa shape index (κ3) is 7.64. The third-order valence-electron chi connectivity index (χ3n) is 3.96. The van der Waals surface area contributed by atoms with Gasteiger partial charge in [0.1, 0.15) is 0 Å². The summed E-state index contributed by atoms with van der Waals surface area (Å²) in [6, 6.07) is 8.39. The van der Waals surface area contributed by atoms with E-state index in [0.29, 0.717) is 12.5 Å². The number of aliphatic imine (C=N–C) groups is 1. The minimum absolute atomic E-state index is 0. The lowest BCUT2D eigenvalue weighted by atomic mass is 10.1. The van der Waals surface area contributed by atoms with Crippen LogP contribution in [0.4, 0.5) is 0 Å². The maximum Gasteiger partial charge on any atom is 0.191 e. The number of ether oxygens (including phenoxy) is 1. The Labute approximate surface area is 168 Å². The topological polar surface area (TPSA) is 61.4 Å². The fourth-order valence-electron chi connectivity index (χ4n) is 2.54. The van der Waals surface area contributed by atoms with Crippen LogP contribution in [0, 0.1) is 5.92 Å². The summed E-state index contributed by atoms with van der Waals surface area (Å²) < 4.78 is 5.60. The molecule has 0 aliphatic rings. The number of guanidine groups is 1. The molecule has 140 valence electrons. The molecule has 0 radical (unpaired) electrons. The highest BCUT2D eigenvalue weighted by atomic mass is 127. The van der Waals surface area contributed by atoms with Crippen molar-refractivity contribution in [2.24, 2.45) is 10.9 Å². The number of benzene rings is 1. The molecule has 0 aliphatic heterocycles. The second kappa shape index (κ2) is 12.1. The van der Waals surface area contributed by atoms with Crippen molar-refractivity contribution < 1.29 is 4.74 Å². The zero-order valence-corrected chi connectivity index (χ0v) is 17.8. The number of H-pyrrole nitrogens is 1. The quantitative estimate of drug-likeness (QED) is 0.233. The molecule has 0 saturated heterocycles. The van der Waals surface area contributed by atoms with Gasteiger partial charge in [0.15, 0.2) is 5.96 Å². The van der Waals surface area contributed by atoms with Gasteiger partial charge in [-0.05, 0) is 30.4 Å². The molecular formula is C19H31IN4O. The molecule has 1 heterocycles. The predicted molar refractivity (Wildman–Crippen MR) is 117 cm³/mol. The molecule has 0 spiro atoms. The van der Waals surface area contributed by atoms with Gasteiger partial charge in [-0.2, -0.15) is 0 Å². The highest BCUT2D eigenvalue weighted by molar-refractivity contribution is 14.0. The lowest BCUT2D eigenvalue weighted by Gasteiger charge is -2.12. The second-order valence-electron chi connectivity index (χ2n) is 6.33. The maximum absolute atomic E-state index is 5.60. The smallest absolute Gasteiger partial charge is 0.191 e. The molecule has 5 nitrogen and oxygen atoms in total. The zero-order chi connectivity index (χ0) is 17.2. The molecule has 0 aliphatic carbocycles. The summed E-state index contributed by atoms with van der Waals surface area (Å²) in [6.07, 6.45) is 4.15. The van der Waals surface area contributed by atoms with Crippen molar-refractivity contribution in [1.82, 2.24) is 15.6 Å². The molecule has 25 heavy (non-hydrogen) atoms. The fourth-order valence-corrected chi connectivity index (χ4v) is 2.54. The summed E-state index contributed by atoms with van der Waals surface area (Å²) >= 11 is 0. The molecule has 1 aromatic carbocycles. The van der Waals surface area contributed by atoms with Gasteiger partial charge in [0.05, 0.1) is 6.61 Å². The molecule has 0 atom stereocenters. The van der Waals surface area contributed by atoms with Gasteiger partial charge in [0.25, 0.3) is 0 Å². The summed E-state index contributed by atoms with van der Waals surface area (Å²) in [6.45, 7) is 7.56. The fraction of sp³-hybridized carbons (Fsp3) is 0.526. The van der Waals surface area contributed by atoms with Crippen LogP contribution < -0.4 is 10.6 Å². The summed E-state index contributed by atoms with van der Waals surface area (Å²) in [4.78, 5) is 7.56. The van der Waals surface area contributed by atoms with E-state index >= 15 is 0 Å². The van der Waals surface area contributed by atoms with Crippen LogP contribution in [-0.4, -0.2) is 44.3 Å². The maximum atomic E-state index is 5.60. The second-order valence-corrected chi connectivity index (χ2v) is 6.33. The average molecular weight is 458 g/mol. The van der Waals surface area contributed by atoms with E-state index in [1.165, 1.54) is 16.5 Å². The minimum atomic E-state index is 0. The lowest BCUT2D eigenvalue weighted by molar-refractivity contribution is 0.128. The van der Waals surface area contributed by atoms with Gasteiger partial charge in [0.2, 0.25) is 0 Å². The van der Waals surface area contributed by atoms with Crippen LogP contribution in [-0.2, 0) is 11.2 Å². The Morgan fingerprint density at radius 2 is 1.92 bits per heavy atom. The molecule has 0 unspecified atom stereocenters. The number of nitrogens with zero attached hydrogens (tertiary/aromatic N) is 1. The first-order valence-corrected chi connectivity index (χ1v) is 8.78. The molecule has 0 bridgehead atoms. The Hall–Kier alpha value is -1.28. The Kier molecular flexibility index (Phi) is 10.6. The first kappa shape index (κ1) is 21.8. The number of para-hydroxylation sites is 1. The van der Waals surface area contributed by atoms with E-state index in [0.717, 1.165) is 38.5 Å². The van der Waals surface area contributed by atoms with Crippen molar-refractivity contribution in [3.05, 3.63) is 36.0 Å². The van der Waals surface area contributed by atoms with E-state index in [-0.39, 0.29) is 24.0 Å². The van der Waals surface area contributed by atoms with Crippen molar-refractivity contribution in [1.29, 1.82) is 0 Å². The van der Waals surface area contributed by atoms with E-state index in [2.05, 4.69) is 64.9 Å². The number of aromatic nitrogens is 1. The molecule has 2 rings (SSSR count). The van der Waals surface area contributed by atoms with Gasteiger partial charge in [-0.15, -0.1) is 24.0 Å². The predicted octanol–water partition coefficient (Wildman–Crippen LogP) is 3.56. The van der Waals surface area contributed by atoms with Crippen LogP contribution in [0.1, 0.15) is 25.8 Å². The Morgan fingerprint density at radius 3 is 2.68 bits per heavy atom. The van der Waals surface area contributed by atoms with Crippen LogP contribution in [0.3, 0.4) is 0 Å². The highest BCUT2D eigenvalue weighted by Crippen LogP contribution is 2.17. The molecule has 3 N–H and O–H groups in total. The van der Waals surface area contributed by atoms with Gasteiger partial charge in [-0.3, -0.25) is 4.99 Å². The number of nitrogens with one attached hydrogen (secondary N) is 3. The van der Waals surface area contributed by atoms with E-state index in [9.17, 15) is 0 Å². The van der Waals surface area contributed by atoms with E-state index in [4.69, 9.17) is 4.74 Å². The lowest BCUT2D eigenvalue weighted by Crippen LogP contribution is -2.39. The number of aromatic amines is 1. The van der Waals surface area contributed by atoms with Crippen LogP contribution >= 0.6 is 24.0 Å². The Bertz CT molecular complexity index is 639. The minimum Gasteiger partial charge on any atom is -0.380 e. The van der Waals surface area contributed by atoms with Crippen molar-refractivity contribution in [2.45, 2.75) is 26.7 Å². The van der Waals surface area contributed by atoms with Crippen molar-refractivity contribution >= 4 is 40.8 Å². The van der Waals surface area contributed by atoms with Crippen LogP contribution in [0.2, 0.25) is 0 Å². The molecule has 1 aromatic heterocycles. The Morgan fingerprint density at radius 1 is 1.16 bits per heavy atom. The summed E-state index contributed by atoms with van der Waals surface area (Å²) in [5.74, 6) is 1.51. The first-order valence-electron chi connectivity index (χ1n) is 8.78. The molecule has 0 fully saturated rings. The summed E-state index contributed by atoms with van der Waals surface area (Å²) in [5, 5.41) is 7.92. The summed E-state index contributed by atoms with van der Waals surface area (Å²) in [5.41, 5.74) is 2.51. The molecule has 0 saturated carbocycles. The number of rotatable bonds is 9. The van der Waals surface area contributed by atoms with Gasteiger partial charge < -0.3 is 20.4 Å². The normalized spacial score (nSPS) is 11.6. The standard InChI is InChI=1S/C19H30N4O.HI/c1-15(2)9-12-24-13-11-22-19(20-3)21-10-8-16-14-23-18-7-5-4-6-17(16)18;/h4-7,14-15,23H,8-13H2,1-3H3,(H2,20,21,22);1H. The first-order chi connectivity index (χ1) is 11.7. The largest absolute Gasteiger partial charge is 0.380 e. The number of halogens is 1. The Balaban J connectivity index is 0.00000312. The number of hydrogen-bond acceptors (Lipinski definition) is 2. The SMILES string of the molecule is CN=C(NCCOCCC(C)C)NCCc1c[nH]c2ccccc12.I. The van der Waals surface area contributed by atoms with Crippen LogP contribution in [0.5, 0.6) is 0 Å². The molecule has 6 heteroatoms. The van der Waals surface area contributed by atoms with Gasteiger partial charge in [0, 0.05) is 43.8 Å². The third-order valence-corrected chi connectivity index (χ3v) is 3.96. The van der Waals surface area contributed by atoms with Crippen LogP contribution in [0.15, 0.2) is 35.5 Å². The highest BCUT2D eigenvalue weighted by Gasteiger charge is 2.03. The van der Waals surface area contributed by atoms with Gasteiger partial charge >= 0.3 is 0 Å². The average Bonchev–Trinajstić information content (AvgIpc) is 2.99. The van der Waals surface area contributed by atoms with E-state index in [1.807, 2.05) is 0 Å². The van der Waals surface area contributed by atoms with Gasteiger partial charge in [-0.1, -0.05) is 32.0 Å². The van der Waals surface area contributed by atoms with Crippen molar-refractivity contribution in [3.8, 4) is 0 Å². The monoisotopic (exact) mass is 458 g/mol. The molecule has 2 aromatic rings.